The van der Waals surface area contributed by atoms with Crippen molar-refractivity contribution in [1.29, 1.82) is 0 Å². The van der Waals surface area contributed by atoms with Gasteiger partial charge in [0.05, 0.1) is 0 Å². The lowest BCUT2D eigenvalue weighted by Gasteiger charge is -2.26. The third-order valence-corrected chi connectivity index (χ3v) is 3.58. The number of rotatable bonds is 2. The number of thioether (sulfide) groups is 1. The van der Waals surface area contributed by atoms with Gasteiger partial charge in [-0.25, -0.2) is 0 Å². The van der Waals surface area contributed by atoms with Gasteiger partial charge >= 0.3 is 0 Å². The van der Waals surface area contributed by atoms with Crippen LogP contribution in [0.15, 0.2) is 0 Å². The van der Waals surface area contributed by atoms with E-state index in [0.29, 0.717) is 6.04 Å². The summed E-state index contributed by atoms with van der Waals surface area (Å²) < 4.78 is 0. The molecular weight excluding hydrogens is 190 g/mol. The van der Waals surface area contributed by atoms with E-state index >= 15 is 0 Å². The zero-order valence-electron chi connectivity index (χ0n) is 7.95. The van der Waals surface area contributed by atoms with Crippen LogP contribution < -0.4 is 5.73 Å². The molecule has 0 aromatic rings. The minimum atomic E-state index is 0. The molecule has 12 heavy (non-hydrogen) atoms. The maximum absolute atomic E-state index is 5.82. The van der Waals surface area contributed by atoms with E-state index in [0.717, 1.165) is 10.5 Å². The molecule has 1 saturated carbocycles. The largest absolute Gasteiger partial charge is 0.328 e. The third-order valence-electron chi connectivity index (χ3n) is 2.18. The minimum absolute atomic E-state index is 0. The average molecular weight is 210 g/mol. The van der Waals surface area contributed by atoms with Gasteiger partial charge in [-0.1, -0.05) is 13.8 Å². The summed E-state index contributed by atoms with van der Waals surface area (Å²) in [7, 11) is 0. The molecule has 1 aliphatic rings. The van der Waals surface area contributed by atoms with Crippen molar-refractivity contribution in [2.24, 2.45) is 5.73 Å². The Morgan fingerprint density at radius 2 is 1.67 bits per heavy atom. The molecule has 0 aliphatic heterocycles. The molecule has 2 N–H and O–H groups in total. The molecule has 0 saturated heterocycles. The topological polar surface area (TPSA) is 26.0 Å². The van der Waals surface area contributed by atoms with Crippen molar-refractivity contribution in [2.45, 2.75) is 56.1 Å². The minimum Gasteiger partial charge on any atom is -0.328 e. The summed E-state index contributed by atoms with van der Waals surface area (Å²) in [5.74, 6) is 0. The average Bonchev–Trinajstić information content (AvgIpc) is 1.93. The fourth-order valence-corrected chi connectivity index (χ4v) is 2.92. The second-order valence-electron chi connectivity index (χ2n) is 3.72. The van der Waals surface area contributed by atoms with Crippen LogP contribution in [0, 0.1) is 0 Å². The Bertz CT molecular complexity index is 111. The van der Waals surface area contributed by atoms with Gasteiger partial charge in [0.25, 0.3) is 0 Å². The molecule has 74 valence electrons. The van der Waals surface area contributed by atoms with Gasteiger partial charge in [-0.2, -0.15) is 11.8 Å². The molecular formula is C9H20ClNS. The van der Waals surface area contributed by atoms with Crippen molar-refractivity contribution >= 4 is 24.2 Å². The quantitative estimate of drug-likeness (QED) is 0.757. The fraction of sp³-hybridized carbons (Fsp3) is 1.00. The second-order valence-corrected chi connectivity index (χ2v) is 5.60. The van der Waals surface area contributed by atoms with Crippen LogP contribution in [-0.2, 0) is 0 Å². The first-order valence-electron chi connectivity index (χ1n) is 4.59. The van der Waals surface area contributed by atoms with E-state index in [1.54, 1.807) is 0 Å². The second kappa shape index (κ2) is 6.11. The maximum atomic E-state index is 5.82. The van der Waals surface area contributed by atoms with Crippen LogP contribution in [0.1, 0.15) is 39.5 Å². The summed E-state index contributed by atoms with van der Waals surface area (Å²) >= 11 is 2.12. The molecule has 3 heteroatoms. The molecule has 0 aromatic heterocycles. The molecule has 1 aliphatic carbocycles. The summed E-state index contributed by atoms with van der Waals surface area (Å²) in [5, 5.41) is 1.68. The normalized spacial score (nSPS) is 30.0. The third kappa shape index (κ3) is 4.58. The van der Waals surface area contributed by atoms with Crippen LogP contribution in [0.5, 0.6) is 0 Å². The first kappa shape index (κ1) is 12.6. The van der Waals surface area contributed by atoms with Gasteiger partial charge in [0.1, 0.15) is 0 Å². The number of nitrogens with two attached hydrogens (primary N) is 1. The van der Waals surface area contributed by atoms with E-state index < -0.39 is 0 Å². The highest BCUT2D eigenvalue weighted by Crippen LogP contribution is 2.30. The van der Waals surface area contributed by atoms with E-state index in [1.807, 2.05) is 0 Å². The van der Waals surface area contributed by atoms with Gasteiger partial charge in [0.15, 0.2) is 0 Å². The van der Waals surface area contributed by atoms with Crippen LogP contribution in [0.4, 0.5) is 0 Å². The number of halogens is 1. The predicted octanol–water partition coefficient (Wildman–Crippen LogP) is 2.82. The van der Waals surface area contributed by atoms with Crippen molar-refractivity contribution in [1.82, 2.24) is 0 Å². The van der Waals surface area contributed by atoms with Gasteiger partial charge in [0, 0.05) is 11.3 Å². The molecule has 0 aromatic carbocycles. The predicted molar refractivity (Wildman–Crippen MR) is 60.2 cm³/mol. The van der Waals surface area contributed by atoms with Crippen LogP contribution in [0.3, 0.4) is 0 Å². The summed E-state index contributed by atoms with van der Waals surface area (Å²) in [6, 6.07) is 0.499. The van der Waals surface area contributed by atoms with Crippen LogP contribution in [-0.4, -0.2) is 16.5 Å². The summed E-state index contributed by atoms with van der Waals surface area (Å²) in [4.78, 5) is 0. The lowest BCUT2D eigenvalue weighted by atomic mass is 9.96. The van der Waals surface area contributed by atoms with Crippen molar-refractivity contribution in [3.63, 3.8) is 0 Å². The highest BCUT2D eigenvalue weighted by atomic mass is 35.5. The van der Waals surface area contributed by atoms with E-state index in [4.69, 9.17) is 5.73 Å². The van der Waals surface area contributed by atoms with Gasteiger partial charge in [0.2, 0.25) is 0 Å². The molecule has 0 atom stereocenters. The van der Waals surface area contributed by atoms with E-state index in [1.165, 1.54) is 25.7 Å². The lowest BCUT2D eigenvalue weighted by Crippen LogP contribution is -2.28. The first-order chi connectivity index (χ1) is 5.18. The Morgan fingerprint density at radius 3 is 2.08 bits per heavy atom. The van der Waals surface area contributed by atoms with E-state index in [-0.39, 0.29) is 12.4 Å². The Balaban J connectivity index is 0.00000121. The van der Waals surface area contributed by atoms with E-state index in [2.05, 4.69) is 25.6 Å². The first-order valence-corrected chi connectivity index (χ1v) is 5.54. The maximum Gasteiger partial charge on any atom is 0.00507 e. The highest BCUT2D eigenvalue weighted by Gasteiger charge is 2.19. The van der Waals surface area contributed by atoms with Crippen molar-refractivity contribution in [2.75, 3.05) is 0 Å². The van der Waals surface area contributed by atoms with Gasteiger partial charge < -0.3 is 5.73 Å². The highest BCUT2D eigenvalue weighted by molar-refractivity contribution is 8.00. The van der Waals surface area contributed by atoms with Crippen LogP contribution in [0.2, 0.25) is 0 Å². The SMILES string of the molecule is CC(C)SC1CCC(N)CC1.Cl. The smallest absolute Gasteiger partial charge is 0.00507 e. The molecule has 1 nitrogen and oxygen atoms in total. The molecule has 1 fully saturated rings. The van der Waals surface area contributed by atoms with Gasteiger partial charge in [-0.3, -0.25) is 0 Å². The van der Waals surface area contributed by atoms with Gasteiger partial charge in [-0.05, 0) is 30.9 Å². The monoisotopic (exact) mass is 209 g/mol. The molecule has 0 amide bonds. The summed E-state index contributed by atoms with van der Waals surface area (Å²) in [5.41, 5.74) is 5.82. The van der Waals surface area contributed by atoms with E-state index in [9.17, 15) is 0 Å². The zero-order chi connectivity index (χ0) is 8.27. The Labute approximate surface area is 86.3 Å². The summed E-state index contributed by atoms with van der Waals surface area (Å²) in [6.07, 6.45) is 5.16. The standard InChI is InChI=1S/C9H19NS.ClH/c1-7(2)11-9-5-3-8(10)4-6-9;/h7-9H,3-6,10H2,1-2H3;1H. The van der Waals surface area contributed by atoms with Crippen molar-refractivity contribution in [3.05, 3.63) is 0 Å². The lowest BCUT2D eigenvalue weighted by molar-refractivity contribution is 0.450. The Morgan fingerprint density at radius 1 is 1.17 bits per heavy atom. The Kier molecular flexibility index (Phi) is 6.42. The molecule has 0 radical (unpaired) electrons. The molecule has 0 bridgehead atoms. The fourth-order valence-electron chi connectivity index (χ4n) is 1.61. The summed E-state index contributed by atoms with van der Waals surface area (Å²) in [6.45, 7) is 4.55. The zero-order valence-corrected chi connectivity index (χ0v) is 9.59. The van der Waals surface area contributed by atoms with Crippen LogP contribution in [0.25, 0.3) is 0 Å². The number of hydrogen-bond acceptors (Lipinski definition) is 2. The van der Waals surface area contributed by atoms with Crippen LogP contribution >= 0.6 is 24.2 Å². The van der Waals surface area contributed by atoms with Crippen molar-refractivity contribution < 1.29 is 0 Å². The molecule has 0 unspecified atom stereocenters. The molecule has 1 rings (SSSR count). The Hall–Kier alpha value is 0.600. The van der Waals surface area contributed by atoms with Gasteiger partial charge in [-0.15, -0.1) is 12.4 Å². The molecule has 0 spiro atoms. The molecule has 0 heterocycles. The number of hydrogen-bond donors (Lipinski definition) is 1. The van der Waals surface area contributed by atoms with Crippen molar-refractivity contribution in [3.8, 4) is 0 Å².